The van der Waals surface area contributed by atoms with Gasteiger partial charge in [-0.05, 0) is 37.6 Å². The molecule has 0 spiro atoms. The summed E-state index contributed by atoms with van der Waals surface area (Å²) in [4.78, 5) is 14.1. The number of pyridine rings is 1. The first-order valence-electron chi connectivity index (χ1n) is 8.62. The highest BCUT2D eigenvalue weighted by molar-refractivity contribution is 5.86. The van der Waals surface area contributed by atoms with Crippen LogP contribution in [0.5, 0.6) is 0 Å². The zero-order valence-corrected chi connectivity index (χ0v) is 14.5. The number of aldehydes is 1. The van der Waals surface area contributed by atoms with E-state index >= 15 is 0 Å². The maximum absolute atomic E-state index is 11.7. The highest BCUT2D eigenvalue weighted by Crippen LogP contribution is 2.32. The molecule has 1 saturated heterocycles. The first-order chi connectivity index (χ1) is 12.2. The second-order valence-electron chi connectivity index (χ2n) is 6.51. The van der Waals surface area contributed by atoms with Gasteiger partial charge in [0.25, 0.3) is 0 Å². The Kier molecular flexibility index (Phi) is 4.15. The summed E-state index contributed by atoms with van der Waals surface area (Å²) in [7, 11) is 0. The molecule has 1 unspecified atom stereocenters. The number of aromatic nitrogens is 3. The molecule has 1 N–H and O–H groups in total. The van der Waals surface area contributed by atoms with Crippen molar-refractivity contribution in [1.29, 1.82) is 0 Å². The van der Waals surface area contributed by atoms with Crippen molar-refractivity contribution in [2.75, 3.05) is 26.3 Å². The van der Waals surface area contributed by atoms with Crippen LogP contribution in [0.3, 0.4) is 0 Å². The van der Waals surface area contributed by atoms with E-state index in [4.69, 9.17) is 4.74 Å². The quantitative estimate of drug-likeness (QED) is 0.743. The van der Waals surface area contributed by atoms with Gasteiger partial charge >= 0.3 is 0 Å². The van der Waals surface area contributed by atoms with E-state index in [9.17, 15) is 4.79 Å². The molecule has 6 heteroatoms. The summed E-state index contributed by atoms with van der Waals surface area (Å²) in [5.74, 6) is 0. The predicted molar refractivity (Wildman–Crippen MR) is 95.9 cm³/mol. The summed E-state index contributed by atoms with van der Waals surface area (Å²) < 4.78 is 7.69. The van der Waals surface area contributed by atoms with Gasteiger partial charge in [0.1, 0.15) is 6.29 Å². The number of ether oxygens (including phenoxy) is 1. The molecular weight excluding hydrogens is 316 g/mol. The second-order valence-corrected chi connectivity index (χ2v) is 6.51. The van der Waals surface area contributed by atoms with Crippen LogP contribution in [0.25, 0.3) is 16.8 Å². The minimum absolute atomic E-state index is 0.202. The zero-order valence-electron chi connectivity index (χ0n) is 14.5. The van der Waals surface area contributed by atoms with E-state index in [1.807, 2.05) is 19.1 Å². The lowest BCUT2D eigenvalue weighted by atomic mass is 10.0. The Labute approximate surface area is 146 Å². The molecule has 1 fully saturated rings. The number of carbonyl (C=O) groups excluding carboxylic acids is 1. The fraction of sp³-hybridized carbons (Fsp3) is 0.368. The van der Waals surface area contributed by atoms with Gasteiger partial charge < -0.3 is 9.14 Å². The smallest absolute Gasteiger partial charge is 0.150 e. The molecule has 25 heavy (non-hydrogen) atoms. The van der Waals surface area contributed by atoms with Crippen LogP contribution in [0.1, 0.15) is 34.6 Å². The Morgan fingerprint density at radius 3 is 2.80 bits per heavy atom. The fourth-order valence-electron chi connectivity index (χ4n) is 3.79. The van der Waals surface area contributed by atoms with Gasteiger partial charge in [-0.1, -0.05) is 0 Å². The summed E-state index contributed by atoms with van der Waals surface area (Å²) in [6.07, 6.45) is 4.78. The molecule has 0 aromatic carbocycles. The van der Waals surface area contributed by atoms with Crippen LogP contribution in [0, 0.1) is 6.92 Å². The number of hydrogen-bond acceptors (Lipinski definition) is 4. The van der Waals surface area contributed by atoms with Crippen LogP contribution in [0.2, 0.25) is 0 Å². The van der Waals surface area contributed by atoms with Gasteiger partial charge in [0.15, 0.2) is 0 Å². The predicted octanol–water partition coefficient (Wildman–Crippen LogP) is 2.84. The molecule has 1 aliphatic heterocycles. The zero-order chi connectivity index (χ0) is 17.4. The first kappa shape index (κ1) is 16.1. The highest BCUT2D eigenvalue weighted by Gasteiger charge is 2.24. The number of carbonyl (C=O) groups is 1. The lowest BCUT2D eigenvalue weighted by molar-refractivity contribution is 0.0187. The summed E-state index contributed by atoms with van der Waals surface area (Å²) in [6, 6.07) is 6.19. The van der Waals surface area contributed by atoms with Gasteiger partial charge in [-0.25, -0.2) is 0 Å². The largest absolute Gasteiger partial charge is 0.379 e. The van der Waals surface area contributed by atoms with Crippen LogP contribution in [0.15, 0.2) is 30.6 Å². The second kappa shape index (κ2) is 6.46. The summed E-state index contributed by atoms with van der Waals surface area (Å²) in [6.45, 7) is 7.56. The normalized spacial score (nSPS) is 17.0. The summed E-state index contributed by atoms with van der Waals surface area (Å²) >= 11 is 0. The van der Waals surface area contributed by atoms with Crippen molar-refractivity contribution < 1.29 is 9.53 Å². The Hall–Kier alpha value is -2.44. The van der Waals surface area contributed by atoms with Gasteiger partial charge in [0.05, 0.1) is 24.4 Å². The molecule has 4 heterocycles. The van der Waals surface area contributed by atoms with Crippen molar-refractivity contribution in [3.63, 3.8) is 0 Å². The number of rotatable bonds is 4. The minimum atomic E-state index is 0.202. The van der Waals surface area contributed by atoms with Crippen molar-refractivity contribution in [1.82, 2.24) is 19.5 Å². The van der Waals surface area contributed by atoms with Gasteiger partial charge in [-0.3, -0.25) is 14.8 Å². The molecule has 0 bridgehead atoms. The van der Waals surface area contributed by atoms with E-state index in [2.05, 4.69) is 38.7 Å². The molecule has 0 saturated carbocycles. The van der Waals surface area contributed by atoms with Gasteiger partial charge in [-0.2, -0.15) is 5.10 Å². The molecule has 0 radical (unpaired) electrons. The van der Waals surface area contributed by atoms with Gasteiger partial charge in [0.2, 0.25) is 0 Å². The van der Waals surface area contributed by atoms with E-state index in [-0.39, 0.29) is 6.04 Å². The molecule has 6 nitrogen and oxygen atoms in total. The number of aromatic amines is 1. The Morgan fingerprint density at radius 2 is 2.12 bits per heavy atom. The monoisotopic (exact) mass is 338 g/mol. The Bertz CT molecular complexity index is 892. The molecule has 1 atom stereocenters. The Morgan fingerprint density at radius 1 is 1.32 bits per heavy atom. The average Bonchev–Trinajstić information content (AvgIpc) is 3.30. The highest BCUT2D eigenvalue weighted by atomic mass is 16.5. The van der Waals surface area contributed by atoms with Crippen LogP contribution in [-0.4, -0.2) is 52.1 Å². The maximum atomic E-state index is 11.7. The van der Waals surface area contributed by atoms with Crippen molar-refractivity contribution in [2.45, 2.75) is 19.9 Å². The third kappa shape index (κ3) is 2.67. The number of nitrogens with zero attached hydrogens (tertiary/aromatic N) is 3. The van der Waals surface area contributed by atoms with Crippen molar-refractivity contribution in [3.8, 4) is 11.3 Å². The minimum Gasteiger partial charge on any atom is -0.379 e. The SMILES string of the molecule is Cc1c(C=O)cc2c(-c3ccn[nH]3)ccn2c1C(C)N1CCOCC1. The van der Waals surface area contributed by atoms with E-state index in [0.717, 1.165) is 66.2 Å². The lowest BCUT2D eigenvalue weighted by Gasteiger charge is -2.34. The maximum Gasteiger partial charge on any atom is 0.150 e. The van der Waals surface area contributed by atoms with Gasteiger partial charge in [0, 0.05) is 48.3 Å². The third-order valence-electron chi connectivity index (χ3n) is 5.20. The molecule has 1 aliphatic rings. The van der Waals surface area contributed by atoms with E-state index in [0.29, 0.717) is 0 Å². The van der Waals surface area contributed by atoms with Crippen LogP contribution >= 0.6 is 0 Å². The molecule has 3 aromatic rings. The molecule has 4 rings (SSSR count). The Balaban J connectivity index is 1.90. The molecule has 0 amide bonds. The average molecular weight is 338 g/mol. The molecular formula is C19H22N4O2. The van der Waals surface area contributed by atoms with Crippen LogP contribution in [-0.2, 0) is 4.74 Å². The fourth-order valence-corrected chi connectivity index (χ4v) is 3.79. The van der Waals surface area contributed by atoms with Crippen LogP contribution < -0.4 is 0 Å². The summed E-state index contributed by atoms with van der Waals surface area (Å²) in [5.41, 5.74) is 5.96. The number of morpholine rings is 1. The van der Waals surface area contributed by atoms with E-state index in [1.54, 1.807) is 6.20 Å². The lowest BCUT2D eigenvalue weighted by Crippen LogP contribution is -2.38. The number of H-pyrrole nitrogens is 1. The third-order valence-corrected chi connectivity index (χ3v) is 5.20. The van der Waals surface area contributed by atoms with Gasteiger partial charge in [-0.15, -0.1) is 0 Å². The number of nitrogens with one attached hydrogen (secondary N) is 1. The van der Waals surface area contributed by atoms with Crippen molar-refractivity contribution in [2.24, 2.45) is 0 Å². The number of hydrogen-bond donors (Lipinski definition) is 1. The van der Waals surface area contributed by atoms with Crippen molar-refractivity contribution in [3.05, 3.63) is 47.4 Å². The van der Waals surface area contributed by atoms with Crippen LogP contribution in [0.4, 0.5) is 0 Å². The topological polar surface area (TPSA) is 62.6 Å². The molecule has 130 valence electrons. The molecule has 0 aliphatic carbocycles. The number of fused-ring (bicyclic) bond motifs is 1. The van der Waals surface area contributed by atoms with Crippen molar-refractivity contribution >= 4 is 11.8 Å². The van der Waals surface area contributed by atoms with E-state index < -0.39 is 0 Å². The summed E-state index contributed by atoms with van der Waals surface area (Å²) in [5, 5.41) is 7.07. The molecule has 3 aromatic heterocycles. The van der Waals surface area contributed by atoms with E-state index in [1.165, 1.54) is 0 Å². The standard InChI is InChI=1S/C19H22N4O2/c1-13-15(12-24)11-18-16(17-3-5-20-21-17)4-6-23(18)19(13)14(2)22-7-9-25-10-8-22/h3-6,11-12,14H,7-10H2,1-2H3,(H,20,21). The first-order valence-corrected chi connectivity index (χ1v) is 8.62.